The van der Waals surface area contributed by atoms with Gasteiger partial charge in [0.15, 0.2) is 5.78 Å². The van der Waals surface area contributed by atoms with Crippen LogP contribution in [0.1, 0.15) is 21.1 Å². The molecule has 0 aliphatic rings. The number of carbonyl (C=O) groups is 1. The minimum absolute atomic E-state index is 0.148. The van der Waals surface area contributed by atoms with Crippen LogP contribution in [0.3, 0.4) is 0 Å². The Hall–Kier alpha value is -1.42. The van der Waals surface area contributed by atoms with Crippen LogP contribution < -0.4 is 0 Å². The molecule has 0 aliphatic carbocycles. The molecule has 2 rings (SSSR count). The van der Waals surface area contributed by atoms with Crippen LogP contribution in [0, 0.1) is 13.8 Å². The van der Waals surface area contributed by atoms with Crippen molar-refractivity contribution in [3.63, 3.8) is 0 Å². The molecule has 0 fully saturated rings. The predicted octanol–water partition coefficient (Wildman–Crippen LogP) is 2.44. The number of imidazole rings is 1. The fourth-order valence-corrected chi connectivity index (χ4v) is 2.20. The first-order chi connectivity index (χ1) is 7.18. The van der Waals surface area contributed by atoms with Crippen LogP contribution in [0.5, 0.6) is 0 Å². The molecule has 0 bridgehead atoms. The largest absolute Gasteiger partial charge is 0.327 e. The second kappa shape index (κ2) is 3.98. The average molecular weight is 220 g/mol. The molecule has 0 spiro atoms. The first-order valence-electron chi connectivity index (χ1n) is 4.73. The van der Waals surface area contributed by atoms with Crippen molar-refractivity contribution in [3.05, 3.63) is 40.1 Å². The van der Waals surface area contributed by atoms with Crippen molar-refractivity contribution >= 4 is 17.1 Å². The van der Waals surface area contributed by atoms with Gasteiger partial charge < -0.3 is 4.57 Å². The highest BCUT2D eigenvalue weighted by Gasteiger charge is 2.11. The van der Waals surface area contributed by atoms with Crippen LogP contribution >= 0.6 is 11.3 Å². The summed E-state index contributed by atoms with van der Waals surface area (Å²) in [6.07, 6.45) is 3.54. The third kappa shape index (κ3) is 1.99. The number of aromatic nitrogens is 2. The van der Waals surface area contributed by atoms with Crippen molar-refractivity contribution in [3.8, 4) is 0 Å². The van der Waals surface area contributed by atoms with E-state index in [9.17, 15) is 4.79 Å². The number of Topliss-reactive ketones (excluding diaryl/α,β-unsaturated/α-hetero) is 1. The third-order valence-electron chi connectivity index (χ3n) is 2.40. The molecule has 2 aromatic rings. The number of thiophene rings is 1. The summed E-state index contributed by atoms with van der Waals surface area (Å²) in [5, 5.41) is 1.95. The lowest BCUT2D eigenvalue weighted by molar-refractivity contribution is 0.0971. The van der Waals surface area contributed by atoms with Crippen LogP contribution in [0.2, 0.25) is 0 Å². The number of ketones is 1. The van der Waals surface area contributed by atoms with Crippen LogP contribution in [0.15, 0.2) is 23.8 Å². The summed E-state index contributed by atoms with van der Waals surface area (Å²) >= 11 is 1.60. The van der Waals surface area contributed by atoms with Gasteiger partial charge in [0.2, 0.25) is 0 Å². The normalized spacial score (nSPS) is 10.5. The van der Waals surface area contributed by atoms with Crippen LogP contribution in [-0.2, 0) is 6.54 Å². The fraction of sp³-hybridized carbons (Fsp3) is 0.273. The highest BCUT2D eigenvalue weighted by Crippen LogP contribution is 2.16. The average Bonchev–Trinajstić information content (AvgIpc) is 2.76. The van der Waals surface area contributed by atoms with Gasteiger partial charge in [0.05, 0.1) is 6.54 Å². The Morgan fingerprint density at radius 2 is 2.33 bits per heavy atom. The van der Waals surface area contributed by atoms with Gasteiger partial charge in [-0.1, -0.05) is 0 Å². The summed E-state index contributed by atoms with van der Waals surface area (Å²) in [6, 6.07) is 1.88. The van der Waals surface area contributed by atoms with Crippen LogP contribution in [0.25, 0.3) is 0 Å². The Bertz CT molecular complexity index is 484. The van der Waals surface area contributed by atoms with Gasteiger partial charge in [-0.15, -0.1) is 11.3 Å². The van der Waals surface area contributed by atoms with Crippen molar-refractivity contribution < 1.29 is 4.79 Å². The number of nitrogens with zero attached hydrogens (tertiary/aromatic N) is 2. The van der Waals surface area contributed by atoms with Gasteiger partial charge in [-0.05, 0) is 25.3 Å². The Morgan fingerprint density at radius 1 is 1.53 bits per heavy atom. The van der Waals surface area contributed by atoms with E-state index in [0.29, 0.717) is 6.54 Å². The fourth-order valence-electron chi connectivity index (χ4n) is 1.48. The van der Waals surface area contributed by atoms with Crippen molar-refractivity contribution in [1.29, 1.82) is 0 Å². The molecule has 3 nitrogen and oxygen atoms in total. The predicted molar refractivity (Wildman–Crippen MR) is 60.4 cm³/mol. The highest BCUT2D eigenvalue weighted by atomic mass is 32.1. The highest BCUT2D eigenvalue weighted by molar-refractivity contribution is 7.10. The molecule has 0 aromatic carbocycles. The summed E-state index contributed by atoms with van der Waals surface area (Å²) in [6.45, 7) is 4.25. The van der Waals surface area contributed by atoms with E-state index >= 15 is 0 Å². The van der Waals surface area contributed by atoms with Crippen LogP contribution in [-0.4, -0.2) is 15.3 Å². The molecule has 78 valence electrons. The van der Waals surface area contributed by atoms with Crippen molar-refractivity contribution in [2.75, 3.05) is 0 Å². The molecule has 15 heavy (non-hydrogen) atoms. The van der Waals surface area contributed by atoms with Gasteiger partial charge in [-0.2, -0.15) is 0 Å². The number of hydrogen-bond acceptors (Lipinski definition) is 3. The molecule has 0 saturated carbocycles. The molecule has 0 atom stereocenters. The number of carbonyl (C=O) groups excluding carboxylic acids is 1. The summed E-state index contributed by atoms with van der Waals surface area (Å²) in [4.78, 5) is 17.1. The Balaban J connectivity index is 2.18. The standard InChI is InChI=1S/C11H12N2OS/c1-8-10(3-6-15-8)11(14)7-13-5-4-12-9(13)2/h3-6H,7H2,1-2H3. The minimum atomic E-state index is 0.148. The minimum Gasteiger partial charge on any atom is -0.327 e. The second-order valence-corrected chi connectivity index (χ2v) is 4.54. The van der Waals surface area contributed by atoms with E-state index in [-0.39, 0.29) is 5.78 Å². The van der Waals surface area contributed by atoms with Gasteiger partial charge in [0, 0.05) is 22.8 Å². The van der Waals surface area contributed by atoms with Gasteiger partial charge in [-0.3, -0.25) is 4.79 Å². The summed E-state index contributed by atoms with van der Waals surface area (Å²) < 4.78 is 1.86. The van der Waals surface area contributed by atoms with Crippen molar-refractivity contribution in [2.45, 2.75) is 20.4 Å². The van der Waals surface area contributed by atoms with Crippen LogP contribution in [0.4, 0.5) is 0 Å². The van der Waals surface area contributed by atoms with E-state index in [1.54, 1.807) is 17.5 Å². The first kappa shape index (κ1) is 10.1. The van der Waals surface area contributed by atoms with E-state index in [4.69, 9.17) is 0 Å². The summed E-state index contributed by atoms with van der Waals surface area (Å²) in [7, 11) is 0. The summed E-state index contributed by atoms with van der Waals surface area (Å²) in [5.74, 6) is 1.02. The van der Waals surface area contributed by atoms with E-state index in [1.165, 1.54) is 0 Å². The Morgan fingerprint density at radius 3 is 2.87 bits per heavy atom. The molecule has 0 saturated heterocycles. The molecule has 2 aromatic heterocycles. The molecular weight excluding hydrogens is 208 g/mol. The molecule has 4 heteroatoms. The SMILES string of the molecule is Cc1sccc1C(=O)Cn1ccnc1C. The molecule has 0 amide bonds. The first-order valence-corrected chi connectivity index (χ1v) is 5.61. The maximum Gasteiger partial charge on any atom is 0.183 e. The summed E-state index contributed by atoms with van der Waals surface area (Å²) in [5.41, 5.74) is 0.827. The molecular formula is C11H12N2OS. The zero-order chi connectivity index (χ0) is 10.8. The van der Waals surface area contributed by atoms with Gasteiger partial charge in [0.1, 0.15) is 5.82 Å². The Kier molecular flexibility index (Phi) is 2.68. The maximum absolute atomic E-state index is 11.9. The smallest absolute Gasteiger partial charge is 0.183 e. The molecule has 0 aliphatic heterocycles. The number of aryl methyl sites for hydroxylation is 2. The van der Waals surface area contributed by atoms with E-state index < -0.39 is 0 Å². The van der Waals surface area contributed by atoms with E-state index in [2.05, 4.69) is 4.98 Å². The van der Waals surface area contributed by atoms with Gasteiger partial charge in [-0.25, -0.2) is 4.98 Å². The van der Waals surface area contributed by atoms with Crippen molar-refractivity contribution in [1.82, 2.24) is 9.55 Å². The van der Waals surface area contributed by atoms with E-state index in [1.807, 2.05) is 36.1 Å². The quantitative estimate of drug-likeness (QED) is 0.745. The zero-order valence-corrected chi connectivity index (χ0v) is 9.54. The topological polar surface area (TPSA) is 34.9 Å². The third-order valence-corrected chi connectivity index (χ3v) is 3.24. The lowest BCUT2D eigenvalue weighted by Crippen LogP contribution is -2.11. The molecule has 0 radical (unpaired) electrons. The molecule has 2 heterocycles. The monoisotopic (exact) mass is 220 g/mol. The number of rotatable bonds is 3. The van der Waals surface area contributed by atoms with Crippen molar-refractivity contribution in [2.24, 2.45) is 0 Å². The van der Waals surface area contributed by atoms with Gasteiger partial charge in [0.25, 0.3) is 0 Å². The lowest BCUT2D eigenvalue weighted by atomic mass is 10.2. The van der Waals surface area contributed by atoms with Gasteiger partial charge >= 0.3 is 0 Å². The number of hydrogen-bond donors (Lipinski definition) is 0. The Labute approximate surface area is 92.4 Å². The maximum atomic E-state index is 11.9. The zero-order valence-electron chi connectivity index (χ0n) is 8.73. The molecule has 0 N–H and O–H groups in total. The molecule has 0 unspecified atom stereocenters. The second-order valence-electron chi connectivity index (χ2n) is 3.42. The lowest BCUT2D eigenvalue weighted by Gasteiger charge is -2.03. The van der Waals surface area contributed by atoms with E-state index in [0.717, 1.165) is 16.3 Å².